The first kappa shape index (κ1) is 55.4. The molecule has 1 aromatic carbocycles. The summed E-state index contributed by atoms with van der Waals surface area (Å²) in [5.74, 6) is -0.562. The lowest BCUT2D eigenvalue weighted by Gasteiger charge is -2.37. The maximum Gasteiger partial charge on any atom is 0.306 e. The minimum Gasteiger partial charge on any atom is -0.495 e. The van der Waals surface area contributed by atoms with Crippen LogP contribution in [0.15, 0.2) is 41.2 Å². The standard InChI is InChI=1S/C47H69BrN2O8.C5H11NO/c1-7-9-11-13-15-20-34(3)56-32-35(33-57-42(52)25-16-14-12-10-8-2)58-44(54)31-47(4,5)27-26-43(53)55-29-19-24-41(51)50-39-23-17-21-37-36-22-18-28-49(6)40(36)30-38(45(37)39)46(50)48;1-3-6(4-2)5-7/h17,21-23,35,40H,3,7-16,18-20,24-33H2,1-2,4-6H3;5H,3-4H2,1-2H3. The van der Waals surface area contributed by atoms with E-state index in [9.17, 15) is 24.0 Å². The Bertz CT molecular complexity index is 1840. The van der Waals surface area contributed by atoms with Crippen LogP contribution in [0.4, 0.5) is 0 Å². The normalized spacial score (nSPS) is 14.9. The first-order chi connectivity index (χ1) is 31.2. The van der Waals surface area contributed by atoms with Gasteiger partial charge in [0.2, 0.25) is 12.3 Å². The lowest BCUT2D eigenvalue weighted by atomic mass is 9.82. The number of aromatic nitrogens is 1. The number of hydrogen-bond acceptors (Lipinski definition) is 10. The highest BCUT2D eigenvalue weighted by molar-refractivity contribution is 9.10. The number of benzene rings is 1. The van der Waals surface area contributed by atoms with Crippen molar-refractivity contribution in [2.75, 3.05) is 46.5 Å². The monoisotopic (exact) mass is 970 g/mol. The van der Waals surface area contributed by atoms with Gasteiger partial charge >= 0.3 is 17.9 Å². The van der Waals surface area contributed by atoms with Crippen LogP contribution in [0.5, 0.6) is 0 Å². The number of fused-ring (bicyclic) bond motifs is 2. The number of esters is 3. The van der Waals surface area contributed by atoms with E-state index in [4.69, 9.17) is 18.9 Å². The van der Waals surface area contributed by atoms with Crippen LogP contribution in [-0.2, 0) is 44.5 Å². The average Bonchev–Trinajstić information content (AvgIpc) is 3.57. The summed E-state index contributed by atoms with van der Waals surface area (Å²) in [5, 5.41) is 1.14. The van der Waals surface area contributed by atoms with Gasteiger partial charge in [0.25, 0.3) is 0 Å². The summed E-state index contributed by atoms with van der Waals surface area (Å²) in [6, 6.07) is 6.48. The van der Waals surface area contributed by atoms with Crippen LogP contribution in [-0.4, -0.2) is 103 Å². The minimum atomic E-state index is -0.772. The molecule has 0 saturated carbocycles. The molecule has 0 fully saturated rings. The van der Waals surface area contributed by atoms with Crippen molar-refractivity contribution >= 4 is 62.6 Å². The van der Waals surface area contributed by atoms with Gasteiger partial charge in [-0.25, -0.2) is 0 Å². The van der Waals surface area contributed by atoms with E-state index in [1.165, 1.54) is 30.4 Å². The zero-order valence-electron chi connectivity index (χ0n) is 40.8. The van der Waals surface area contributed by atoms with Gasteiger partial charge in [-0.2, -0.15) is 0 Å². The maximum absolute atomic E-state index is 13.6. The number of carbonyl (C=O) groups is 5. The van der Waals surface area contributed by atoms with Crippen molar-refractivity contribution in [1.82, 2.24) is 14.4 Å². The molecule has 2 unspecified atom stereocenters. The summed E-state index contributed by atoms with van der Waals surface area (Å²) >= 11 is 3.77. The number of likely N-dealkylation sites (N-methyl/N-ethyl adjacent to an activating group) is 1. The van der Waals surface area contributed by atoms with Crippen LogP contribution in [0.3, 0.4) is 0 Å². The molecule has 1 amide bonds. The third-order valence-electron chi connectivity index (χ3n) is 12.4. The molecule has 364 valence electrons. The number of rotatable bonds is 30. The molecule has 0 spiro atoms. The fourth-order valence-electron chi connectivity index (χ4n) is 8.33. The van der Waals surface area contributed by atoms with Crippen LogP contribution in [0, 0.1) is 5.41 Å². The lowest BCUT2D eigenvalue weighted by Crippen LogP contribution is -2.39. The smallest absolute Gasteiger partial charge is 0.306 e. The number of unbranched alkanes of at least 4 members (excludes halogenated alkanes) is 8. The Morgan fingerprint density at radius 3 is 2.14 bits per heavy atom. The number of ether oxygens (including phenoxy) is 4. The number of allylic oxidation sites excluding steroid dienone is 1. The van der Waals surface area contributed by atoms with E-state index < -0.39 is 17.5 Å². The third-order valence-corrected chi connectivity index (χ3v) is 13.2. The van der Waals surface area contributed by atoms with E-state index >= 15 is 0 Å². The third kappa shape index (κ3) is 18.7. The van der Waals surface area contributed by atoms with E-state index in [0.29, 0.717) is 31.1 Å². The molecule has 0 radical (unpaired) electrons. The number of carbonyl (C=O) groups excluding carboxylic acids is 5. The summed E-state index contributed by atoms with van der Waals surface area (Å²) in [6.45, 7) is 18.8. The molecule has 2 atom stereocenters. The first-order valence-corrected chi connectivity index (χ1v) is 25.3. The number of nitrogens with zero attached hydrogens (tertiary/aromatic N) is 3. The van der Waals surface area contributed by atoms with Gasteiger partial charge in [0.15, 0.2) is 6.10 Å². The second-order valence-corrected chi connectivity index (χ2v) is 19.1. The molecule has 65 heavy (non-hydrogen) atoms. The van der Waals surface area contributed by atoms with Crippen LogP contribution in [0.1, 0.15) is 173 Å². The second kappa shape index (κ2) is 29.6. The Morgan fingerprint density at radius 2 is 1.49 bits per heavy atom. The van der Waals surface area contributed by atoms with Gasteiger partial charge in [-0.3, -0.25) is 33.4 Å². The van der Waals surface area contributed by atoms with Crippen molar-refractivity contribution in [2.24, 2.45) is 5.41 Å². The zero-order chi connectivity index (χ0) is 47.8. The average molecular weight is 971 g/mol. The van der Waals surface area contributed by atoms with Gasteiger partial charge in [0.05, 0.1) is 28.9 Å². The summed E-state index contributed by atoms with van der Waals surface area (Å²) in [4.78, 5) is 65.9. The zero-order valence-corrected chi connectivity index (χ0v) is 42.4. The fourth-order valence-corrected chi connectivity index (χ4v) is 9.08. The van der Waals surface area contributed by atoms with Crippen molar-refractivity contribution in [3.05, 3.63) is 52.3 Å². The number of hydrogen-bond donors (Lipinski definition) is 0. The van der Waals surface area contributed by atoms with Crippen LogP contribution >= 0.6 is 15.9 Å². The van der Waals surface area contributed by atoms with E-state index in [1.54, 1.807) is 9.47 Å². The summed E-state index contributed by atoms with van der Waals surface area (Å²) in [5.41, 5.74) is 4.06. The Labute approximate surface area is 398 Å². The SMILES string of the molecule is C=C(CCCCCCC)OCC(COC(=O)CCCCCCC)OC(=O)CC(C)(C)CCC(=O)OCCCC(=O)n1c(Br)c2c3c(cccc31)C1=CCCN(C)C1C2.CCN(C=O)CC. The van der Waals surface area contributed by atoms with Crippen molar-refractivity contribution < 1.29 is 42.9 Å². The summed E-state index contributed by atoms with van der Waals surface area (Å²) in [6.07, 6.45) is 17.4. The Balaban J connectivity index is 0.00000148. The van der Waals surface area contributed by atoms with E-state index in [0.717, 1.165) is 111 Å². The van der Waals surface area contributed by atoms with Crippen molar-refractivity contribution in [2.45, 2.75) is 176 Å². The summed E-state index contributed by atoms with van der Waals surface area (Å²) < 4.78 is 25.3. The number of amides is 1. The molecular formula is C52H80BrN3O9. The van der Waals surface area contributed by atoms with Crippen LogP contribution < -0.4 is 0 Å². The molecule has 0 N–H and O–H groups in total. The Kier molecular flexibility index (Phi) is 25.2. The molecule has 1 aliphatic heterocycles. The van der Waals surface area contributed by atoms with Gasteiger partial charge in [-0.15, -0.1) is 0 Å². The first-order valence-electron chi connectivity index (χ1n) is 24.5. The van der Waals surface area contributed by atoms with Crippen LogP contribution in [0.25, 0.3) is 16.5 Å². The van der Waals surface area contributed by atoms with E-state index in [-0.39, 0.29) is 56.9 Å². The molecule has 4 rings (SSSR count). The van der Waals surface area contributed by atoms with Gasteiger partial charge in [0, 0.05) is 56.7 Å². The molecule has 1 aromatic heterocycles. The molecular weight excluding hydrogens is 890 g/mol. The molecule has 12 nitrogen and oxygen atoms in total. The minimum absolute atomic E-state index is 0.0456. The topological polar surface area (TPSA) is 134 Å². The number of halogens is 1. The molecule has 0 saturated heterocycles. The molecule has 1 aliphatic carbocycles. The Morgan fingerprint density at radius 1 is 0.846 bits per heavy atom. The van der Waals surface area contributed by atoms with Gasteiger partial charge in [-0.05, 0) is 104 Å². The quantitative estimate of drug-likeness (QED) is 0.0245. The molecule has 2 heterocycles. The van der Waals surface area contributed by atoms with Crippen molar-refractivity contribution in [3.8, 4) is 0 Å². The lowest BCUT2D eigenvalue weighted by molar-refractivity contribution is -0.163. The van der Waals surface area contributed by atoms with Crippen LogP contribution in [0.2, 0.25) is 0 Å². The van der Waals surface area contributed by atoms with Gasteiger partial charge in [0.1, 0.15) is 13.2 Å². The predicted octanol–water partition coefficient (Wildman–Crippen LogP) is 11.4. The predicted molar refractivity (Wildman–Crippen MR) is 262 cm³/mol. The van der Waals surface area contributed by atoms with Crippen molar-refractivity contribution in [1.29, 1.82) is 0 Å². The highest BCUT2D eigenvalue weighted by atomic mass is 79.9. The molecule has 2 aromatic rings. The molecule has 2 aliphatic rings. The maximum atomic E-state index is 13.6. The largest absolute Gasteiger partial charge is 0.495 e. The van der Waals surface area contributed by atoms with Gasteiger partial charge < -0.3 is 23.8 Å². The van der Waals surface area contributed by atoms with Crippen molar-refractivity contribution in [3.63, 3.8) is 0 Å². The second-order valence-electron chi connectivity index (χ2n) is 18.3. The van der Waals surface area contributed by atoms with E-state index in [2.05, 4.69) is 60.4 Å². The molecule has 0 bridgehead atoms. The van der Waals surface area contributed by atoms with Gasteiger partial charge in [-0.1, -0.05) is 104 Å². The fraction of sp³-hybridized carbons (Fsp3) is 0.673. The van der Waals surface area contributed by atoms with E-state index in [1.807, 2.05) is 39.8 Å². The Hall–Kier alpha value is -3.97. The highest BCUT2D eigenvalue weighted by Crippen LogP contribution is 2.44. The summed E-state index contributed by atoms with van der Waals surface area (Å²) in [7, 11) is 2.16. The highest BCUT2D eigenvalue weighted by Gasteiger charge is 2.34. The molecule has 13 heteroatoms.